The van der Waals surface area contributed by atoms with Crippen LogP contribution >= 0.6 is 0 Å². The molecule has 6 rings (SSSR count). The highest BCUT2D eigenvalue weighted by molar-refractivity contribution is 5.80. The van der Waals surface area contributed by atoms with Crippen LogP contribution in [0.2, 0.25) is 0 Å². The molecule has 2 aliphatic carbocycles. The Balaban J connectivity index is 1.43. The lowest BCUT2D eigenvalue weighted by molar-refractivity contribution is 0.0555. The second kappa shape index (κ2) is 4.87. The van der Waals surface area contributed by atoms with Crippen LogP contribution in [0.25, 0.3) is 22.7 Å². The van der Waals surface area contributed by atoms with Gasteiger partial charge < -0.3 is 14.6 Å². The summed E-state index contributed by atoms with van der Waals surface area (Å²) in [5.41, 5.74) is 4.16. The Morgan fingerprint density at radius 1 is 1.31 bits per heavy atom. The lowest BCUT2D eigenvalue weighted by Crippen LogP contribution is -2.53. The van der Waals surface area contributed by atoms with Gasteiger partial charge in [-0.05, 0) is 44.2 Å². The van der Waals surface area contributed by atoms with Crippen LogP contribution in [-0.2, 0) is 12.1 Å². The van der Waals surface area contributed by atoms with E-state index in [1.807, 2.05) is 29.2 Å². The minimum absolute atomic E-state index is 0.0420. The van der Waals surface area contributed by atoms with Gasteiger partial charge in [0.05, 0.1) is 17.8 Å². The fourth-order valence-electron chi connectivity index (χ4n) is 4.34. The number of nitrogens with zero attached hydrogens (tertiary/aromatic N) is 3. The summed E-state index contributed by atoms with van der Waals surface area (Å²) in [6.07, 6.45) is 5.22. The molecule has 0 saturated heterocycles. The molecule has 7 heteroatoms. The van der Waals surface area contributed by atoms with Crippen LogP contribution in [0.15, 0.2) is 28.7 Å². The zero-order chi connectivity index (χ0) is 17.3. The number of hydrogen-bond acceptors (Lipinski definition) is 4. The summed E-state index contributed by atoms with van der Waals surface area (Å²) in [5.74, 6) is 0.527. The number of rotatable bonds is 2. The van der Waals surface area contributed by atoms with Gasteiger partial charge in [0.25, 0.3) is 0 Å². The van der Waals surface area contributed by atoms with E-state index in [0.29, 0.717) is 18.5 Å². The van der Waals surface area contributed by atoms with Crippen LogP contribution in [0.4, 0.5) is 4.79 Å². The van der Waals surface area contributed by atoms with Gasteiger partial charge in [0.2, 0.25) is 5.89 Å². The van der Waals surface area contributed by atoms with Crippen molar-refractivity contribution in [2.24, 2.45) is 0 Å². The quantitative estimate of drug-likeness (QED) is 0.743. The van der Waals surface area contributed by atoms with Gasteiger partial charge in [-0.2, -0.15) is 5.10 Å². The summed E-state index contributed by atoms with van der Waals surface area (Å²) < 4.78 is 5.96. The highest BCUT2D eigenvalue weighted by Gasteiger charge is 2.55. The number of aromatic nitrogens is 3. The maximum absolute atomic E-state index is 12.8. The van der Waals surface area contributed by atoms with Crippen molar-refractivity contribution >= 4 is 17.1 Å². The normalized spacial score (nSPS) is 20.4. The molecule has 1 aromatic carbocycles. The summed E-state index contributed by atoms with van der Waals surface area (Å²) in [5, 5.41) is 10.8. The third-order valence-electron chi connectivity index (χ3n) is 5.97. The molecule has 2 saturated carbocycles. The molecule has 2 amide bonds. The van der Waals surface area contributed by atoms with Crippen molar-refractivity contribution in [1.29, 1.82) is 0 Å². The SMILES string of the molecule is O=C(NC1CC1)N1Cc2[nH]nc(-c3nc4ccccc4o3)c2C12CCC2. The molecule has 1 spiro atoms. The Morgan fingerprint density at radius 2 is 2.15 bits per heavy atom. The molecule has 2 N–H and O–H groups in total. The Hall–Kier alpha value is -2.83. The minimum Gasteiger partial charge on any atom is -0.435 e. The van der Waals surface area contributed by atoms with E-state index in [1.165, 1.54) is 0 Å². The highest BCUT2D eigenvalue weighted by atomic mass is 16.3. The Morgan fingerprint density at radius 3 is 2.88 bits per heavy atom. The van der Waals surface area contributed by atoms with E-state index in [-0.39, 0.29) is 11.6 Å². The molecule has 1 aliphatic heterocycles. The van der Waals surface area contributed by atoms with Gasteiger partial charge >= 0.3 is 6.03 Å². The number of carbonyl (C=O) groups excluding carboxylic acids is 1. The first-order chi connectivity index (χ1) is 12.7. The summed E-state index contributed by atoms with van der Waals surface area (Å²) in [6.45, 7) is 0.571. The van der Waals surface area contributed by atoms with Gasteiger partial charge in [0.1, 0.15) is 5.52 Å². The number of carbonyl (C=O) groups is 1. The number of urea groups is 1. The van der Waals surface area contributed by atoms with Gasteiger partial charge in [-0.1, -0.05) is 12.1 Å². The van der Waals surface area contributed by atoms with Gasteiger partial charge in [-0.25, -0.2) is 9.78 Å². The average molecular weight is 349 g/mol. The fourth-order valence-corrected chi connectivity index (χ4v) is 4.34. The molecule has 26 heavy (non-hydrogen) atoms. The van der Waals surface area contributed by atoms with Crippen molar-refractivity contribution < 1.29 is 9.21 Å². The van der Waals surface area contributed by atoms with E-state index in [0.717, 1.165) is 60.2 Å². The van der Waals surface area contributed by atoms with E-state index in [1.54, 1.807) is 0 Å². The number of nitrogens with one attached hydrogen (secondary N) is 2. The van der Waals surface area contributed by atoms with Crippen molar-refractivity contribution in [3.8, 4) is 11.6 Å². The second-order valence-electron chi connectivity index (χ2n) is 7.61. The van der Waals surface area contributed by atoms with Crippen LogP contribution in [0.1, 0.15) is 43.4 Å². The summed E-state index contributed by atoms with van der Waals surface area (Å²) in [6, 6.07) is 8.12. The number of benzene rings is 1. The van der Waals surface area contributed by atoms with E-state index in [2.05, 4.69) is 20.5 Å². The first kappa shape index (κ1) is 14.4. The minimum atomic E-state index is -0.267. The molecule has 0 bridgehead atoms. The Kier molecular flexibility index (Phi) is 2.69. The molecule has 2 fully saturated rings. The number of aromatic amines is 1. The predicted octanol–water partition coefficient (Wildman–Crippen LogP) is 3.28. The zero-order valence-corrected chi connectivity index (χ0v) is 14.3. The van der Waals surface area contributed by atoms with Crippen molar-refractivity contribution in [1.82, 2.24) is 25.4 Å². The van der Waals surface area contributed by atoms with Crippen LogP contribution in [-0.4, -0.2) is 32.2 Å². The van der Waals surface area contributed by atoms with Crippen molar-refractivity contribution in [3.63, 3.8) is 0 Å². The van der Waals surface area contributed by atoms with Gasteiger partial charge in [-0.3, -0.25) is 5.10 Å². The largest absolute Gasteiger partial charge is 0.435 e. The first-order valence-corrected chi connectivity index (χ1v) is 9.26. The monoisotopic (exact) mass is 349 g/mol. The number of para-hydroxylation sites is 2. The zero-order valence-electron chi connectivity index (χ0n) is 14.3. The fraction of sp³-hybridized carbons (Fsp3) is 0.421. The third-order valence-corrected chi connectivity index (χ3v) is 5.97. The number of H-pyrrole nitrogens is 1. The van der Waals surface area contributed by atoms with Crippen LogP contribution in [0, 0.1) is 0 Å². The maximum Gasteiger partial charge on any atom is 0.318 e. The number of hydrogen-bond donors (Lipinski definition) is 2. The van der Waals surface area contributed by atoms with Gasteiger partial charge in [0, 0.05) is 11.6 Å². The maximum atomic E-state index is 12.8. The molecule has 0 radical (unpaired) electrons. The third kappa shape index (κ3) is 1.85. The van der Waals surface area contributed by atoms with E-state index in [9.17, 15) is 4.79 Å². The van der Waals surface area contributed by atoms with Crippen molar-refractivity contribution in [2.75, 3.05) is 0 Å². The molecule has 7 nitrogen and oxygen atoms in total. The van der Waals surface area contributed by atoms with Gasteiger partial charge in [-0.15, -0.1) is 0 Å². The molecule has 3 aliphatic rings. The first-order valence-electron chi connectivity index (χ1n) is 9.26. The average Bonchev–Trinajstić information content (AvgIpc) is 3.06. The molecule has 132 valence electrons. The molecular formula is C19H19N5O2. The van der Waals surface area contributed by atoms with Crippen LogP contribution in [0.5, 0.6) is 0 Å². The molecule has 3 aromatic rings. The second-order valence-corrected chi connectivity index (χ2v) is 7.61. The topological polar surface area (TPSA) is 87.0 Å². The number of fused-ring (bicyclic) bond motifs is 3. The summed E-state index contributed by atoms with van der Waals surface area (Å²) in [4.78, 5) is 19.4. The summed E-state index contributed by atoms with van der Waals surface area (Å²) >= 11 is 0. The Bertz CT molecular complexity index is 995. The van der Waals surface area contributed by atoms with Crippen molar-refractivity contribution in [3.05, 3.63) is 35.5 Å². The predicted molar refractivity (Wildman–Crippen MR) is 94.2 cm³/mol. The number of amides is 2. The van der Waals surface area contributed by atoms with E-state index < -0.39 is 0 Å². The van der Waals surface area contributed by atoms with Gasteiger partial charge in [0.15, 0.2) is 11.3 Å². The summed E-state index contributed by atoms with van der Waals surface area (Å²) in [7, 11) is 0. The Labute approximate surface area is 149 Å². The lowest BCUT2D eigenvalue weighted by Gasteiger charge is -2.46. The van der Waals surface area contributed by atoms with E-state index in [4.69, 9.17) is 4.42 Å². The smallest absolute Gasteiger partial charge is 0.318 e. The standard InChI is InChI=1S/C19H19N5O2/c25-18(20-11-6-7-11)24-10-13-15(19(24)8-3-9-19)16(23-22-13)17-21-12-4-1-2-5-14(12)26-17/h1-2,4-5,11H,3,6-10H2,(H,20,25)(H,22,23). The van der Waals surface area contributed by atoms with Crippen LogP contribution in [0.3, 0.4) is 0 Å². The number of oxazole rings is 1. The highest BCUT2D eigenvalue weighted by Crippen LogP contribution is 2.54. The molecule has 2 aromatic heterocycles. The van der Waals surface area contributed by atoms with Crippen LogP contribution < -0.4 is 5.32 Å². The molecule has 0 unspecified atom stereocenters. The lowest BCUT2D eigenvalue weighted by atomic mass is 9.72. The molecule has 0 atom stereocenters. The van der Waals surface area contributed by atoms with E-state index >= 15 is 0 Å². The molecular weight excluding hydrogens is 330 g/mol. The van der Waals surface area contributed by atoms with Crippen molar-refractivity contribution in [2.45, 2.75) is 50.2 Å². The molecule has 3 heterocycles.